The largest absolute Gasteiger partial charge is 0.383 e. The lowest BCUT2D eigenvalue weighted by atomic mass is 10.1. The first-order chi connectivity index (χ1) is 19.5. The molecule has 0 aliphatic rings. The number of H-pyrrole nitrogens is 1. The van der Waals surface area contributed by atoms with Crippen molar-refractivity contribution in [2.75, 3.05) is 6.61 Å². The van der Waals surface area contributed by atoms with E-state index in [9.17, 15) is 14.7 Å². The molecule has 13 heteroatoms. The highest BCUT2D eigenvalue weighted by atomic mass is 32.2. The maximum absolute atomic E-state index is 13.5. The smallest absolute Gasteiger partial charge is 0.331 e. The van der Waals surface area contributed by atoms with Crippen molar-refractivity contribution in [2.24, 2.45) is 13.0 Å². The number of thiophene rings is 1. The Morgan fingerprint density at radius 2 is 1.95 bits per heavy atom. The van der Waals surface area contributed by atoms with E-state index < -0.39 is 19.7 Å². The van der Waals surface area contributed by atoms with Gasteiger partial charge in [-0.05, 0) is 29.8 Å². The lowest BCUT2D eigenvalue weighted by molar-refractivity contribution is 0.0899. The highest BCUT2D eigenvalue weighted by Crippen LogP contribution is 2.45. The molecule has 5 aromatic rings. The van der Waals surface area contributed by atoms with Gasteiger partial charge in [0.2, 0.25) is 5.16 Å². The number of para-hydroxylation sites is 1. The maximum Gasteiger partial charge on any atom is 0.331 e. The quantitative estimate of drug-likeness (QED) is 0.159. The minimum absolute atomic E-state index is 0.173. The van der Waals surface area contributed by atoms with Crippen molar-refractivity contribution in [1.29, 1.82) is 0 Å². The molecule has 0 aliphatic heterocycles. The second-order valence-corrected chi connectivity index (χ2v) is 19.5. The van der Waals surface area contributed by atoms with E-state index in [-0.39, 0.29) is 11.6 Å². The van der Waals surface area contributed by atoms with Crippen LogP contribution in [0.15, 0.2) is 56.4 Å². The number of ether oxygens (including phenoxy) is 1. The number of benzene rings is 1. The zero-order chi connectivity index (χ0) is 29.5. The summed E-state index contributed by atoms with van der Waals surface area (Å²) in [5.41, 5.74) is 0.870. The molecule has 218 valence electrons. The van der Waals surface area contributed by atoms with Gasteiger partial charge < -0.3 is 14.4 Å². The van der Waals surface area contributed by atoms with Crippen LogP contribution in [-0.4, -0.2) is 48.7 Å². The van der Waals surface area contributed by atoms with Crippen LogP contribution in [0.2, 0.25) is 25.7 Å². The van der Waals surface area contributed by atoms with Crippen molar-refractivity contribution in [1.82, 2.24) is 28.9 Å². The molecule has 0 bridgehead atoms. The SMILES string of the molecule is CC(C)Cn1c(=O)n(C)c(=O)c2c(Sc3nc[nH]n3)c(C(O)c3cn(COCC[Si](C)(C)C)c4ccccc34)sc21. The third-order valence-corrected chi connectivity index (χ3v) is 11.0. The predicted octanol–water partition coefficient (Wildman–Crippen LogP) is 5.04. The summed E-state index contributed by atoms with van der Waals surface area (Å²) in [6, 6.07) is 8.97. The fraction of sp³-hybridized carbons (Fsp3) is 0.429. The van der Waals surface area contributed by atoms with Gasteiger partial charge in [-0.3, -0.25) is 19.0 Å². The zero-order valence-electron chi connectivity index (χ0n) is 24.2. The van der Waals surface area contributed by atoms with Crippen LogP contribution in [0.4, 0.5) is 0 Å². The van der Waals surface area contributed by atoms with Crippen molar-refractivity contribution in [3.8, 4) is 0 Å². The number of rotatable bonds is 11. The van der Waals surface area contributed by atoms with Gasteiger partial charge in [0.1, 0.15) is 24.0 Å². The first-order valence-corrected chi connectivity index (χ1v) is 18.9. The molecule has 0 saturated carbocycles. The van der Waals surface area contributed by atoms with Crippen molar-refractivity contribution >= 4 is 52.3 Å². The van der Waals surface area contributed by atoms with Gasteiger partial charge in [-0.15, -0.1) is 16.4 Å². The zero-order valence-corrected chi connectivity index (χ0v) is 26.8. The summed E-state index contributed by atoms with van der Waals surface area (Å²) in [6.07, 6.45) is 2.33. The molecule has 1 aromatic carbocycles. The van der Waals surface area contributed by atoms with Gasteiger partial charge in [0.25, 0.3) is 5.56 Å². The second kappa shape index (κ2) is 11.7. The minimum Gasteiger partial charge on any atom is -0.383 e. The second-order valence-electron chi connectivity index (χ2n) is 11.8. The highest BCUT2D eigenvalue weighted by Gasteiger charge is 2.29. The van der Waals surface area contributed by atoms with Gasteiger partial charge in [-0.25, -0.2) is 9.78 Å². The molecule has 10 nitrogen and oxygen atoms in total. The van der Waals surface area contributed by atoms with E-state index in [4.69, 9.17) is 4.74 Å². The summed E-state index contributed by atoms with van der Waals surface area (Å²) < 4.78 is 10.8. The van der Waals surface area contributed by atoms with Gasteiger partial charge >= 0.3 is 5.69 Å². The Balaban J connectivity index is 1.65. The van der Waals surface area contributed by atoms with E-state index in [1.54, 1.807) is 4.57 Å². The van der Waals surface area contributed by atoms with Crippen molar-refractivity contribution in [2.45, 2.75) is 69.0 Å². The maximum atomic E-state index is 13.5. The molecular weight excluding hydrogens is 577 g/mol. The lowest BCUT2D eigenvalue weighted by Gasteiger charge is -2.15. The van der Waals surface area contributed by atoms with E-state index in [0.717, 1.165) is 21.5 Å². The molecule has 0 saturated heterocycles. The topological polar surface area (TPSA) is 120 Å². The third kappa shape index (κ3) is 6.00. The van der Waals surface area contributed by atoms with Crippen molar-refractivity contribution in [3.63, 3.8) is 0 Å². The van der Waals surface area contributed by atoms with Crippen LogP contribution in [0.5, 0.6) is 0 Å². The van der Waals surface area contributed by atoms with Gasteiger partial charge in [-0.1, -0.05) is 51.7 Å². The van der Waals surface area contributed by atoms with E-state index >= 15 is 0 Å². The number of nitrogens with one attached hydrogen (secondary N) is 1. The van der Waals surface area contributed by atoms with E-state index in [1.165, 1.54) is 36.5 Å². The molecule has 0 aliphatic carbocycles. The first kappa shape index (κ1) is 29.5. The first-order valence-electron chi connectivity index (χ1n) is 13.6. The number of hydrogen-bond acceptors (Lipinski definition) is 8. The number of aliphatic hydroxyl groups excluding tert-OH is 1. The predicted molar refractivity (Wildman–Crippen MR) is 167 cm³/mol. The number of fused-ring (bicyclic) bond motifs is 2. The number of nitrogens with zero attached hydrogens (tertiary/aromatic N) is 5. The number of hydrogen-bond donors (Lipinski definition) is 2. The summed E-state index contributed by atoms with van der Waals surface area (Å²) in [5.74, 6) is 0.173. The Bertz CT molecular complexity index is 1800. The molecule has 1 atom stereocenters. The Hall–Kier alpha value is -2.97. The molecule has 0 radical (unpaired) electrons. The third-order valence-electron chi connectivity index (χ3n) is 6.88. The fourth-order valence-corrected chi connectivity index (χ4v) is 7.90. The van der Waals surface area contributed by atoms with Gasteiger partial charge in [0, 0.05) is 50.3 Å². The van der Waals surface area contributed by atoms with Crippen LogP contribution in [0.25, 0.3) is 21.1 Å². The minimum atomic E-state index is -1.22. The van der Waals surface area contributed by atoms with E-state index in [0.29, 0.717) is 50.6 Å². The summed E-state index contributed by atoms with van der Waals surface area (Å²) in [7, 11) is 0.269. The summed E-state index contributed by atoms with van der Waals surface area (Å²) in [4.78, 5) is 32.6. The molecule has 41 heavy (non-hydrogen) atoms. The van der Waals surface area contributed by atoms with E-state index in [1.807, 2.05) is 48.9 Å². The number of aromatic amines is 1. The van der Waals surface area contributed by atoms with Gasteiger partial charge in [0.15, 0.2) is 0 Å². The van der Waals surface area contributed by atoms with E-state index in [2.05, 4.69) is 34.8 Å². The van der Waals surface area contributed by atoms with Crippen LogP contribution < -0.4 is 11.2 Å². The molecule has 4 aromatic heterocycles. The fourth-order valence-electron chi connectivity index (χ4n) is 4.75. The molecule has 2 N–H and O–H groups in total. The molecule has 1 unspecified atom stereocenters. The molecule has 4 heterocycles. The average molecular weight is 613 g/mol. The average Bonchev–Trinajstić information content (AvgIpc) is 3.65. The molecule has 0 amide bonds. The number of aliphatic hydroxyl groups is 1. The van der Waals surface area contributed by atoms with Crippen molar-refractivity contribution in [3.05, 3.63) is 68.1 Å². The summed E-state index contributed by atoms with van der Waals surface area (Å²) in [6.45, 7) is 12.5. The van der Waals surface area contributed by atoms with Gasteiger partial charge in [-0.2, -0.15) is 0 Å². The van der Waals surface area contributed by atoms with Crippen LogP contribution in [-0.2, 0) is 25.1 Å². The normalized spacial score (nSPS) is 13.2. The molecule has 5 rings (SSSR count). The van der Waals surface area contributed by atoms with Crippen molar-refractivity contribution < 1.29 is 9.84 Å². The Morgan fingerprint density at radius 3 is 2.63 bits per heavy atom. The van der Waals surface area contributed by atoms with Crippen LogP contribution in [0.1, 0.15) is 30.4 Å². The summed E-state index contributed by atoms with van der Waals surface area (Å²) in [5, 5.41) is 20.6. The molecular formula is C28H36N6O4S2Si. The lowest BCUT2D eigenvalue weighted by Crippen LogP contribution is -2.38. The number of aromatic nitrogens is 6. The Kier molecular flexibility index (Phi) is 8.44. The Labute approximate surface area is 247 Å². The highest BCUT2D eigenvalue weighted by molar-refractivity contribution is 7.99. The van der Waals surface area contributed by atoms with Crippen LogP contribution in [0.3, 0.4) is 0 Å². The standard InChI is InChI=1S/C28H36N6O4S2Si/c1-17(2)13-34-26-21(25(36)32(3)28(34)37)23(40-27-29-15-30-31-27)24(39-26)22(35)19-14-33(16-38-11-12-41(4,5)6)20-10-8-7-9-18(19)20/h7-10,14-15,17,22,35H,11-13,16H2,1-6H3,(H,29,30,31). The Morgan fingerprint density at radius 1 is 1.20 bits per heavy atom. The van der Waals surface area contributed by atoms with Gasteiger partial charge in [0.05, 0.1) is 15.8 Å². The van der Waals surface area contributed by atoms with Crippen LogP contribution in [0, 0.1) is 5.92 Å². The molecule has 0 fully saturated rings. The van der Waals surface area contributed by atoms with Crippen LogP contribution >= 0.6 is 23.1 Å². The summed E-state index contributed by atoms with van der Waals surface area (Å²) >= 11 is 2.48. The molecule has 0 spiro atoms. The monoisotopic (exact) mass is 612 g/mol.